The van der Waals surface area contributed by atoms with Crippen LogP contribution in [0.1, 0.15) is 18.6 Å². The molecule has 2 N–H and O–H groups in total. The number of halogens is 1. The molecule has 0 saturated heterocycles. The number of rotatable bonds is 4. The number of nitrogens with zero attached hydrogens (tertiary/aromatic N) is 1. The molecule has 0 aliphatic carbocycles. The molecule has 1 amide bonds. The van der Waals surface area contributed by atoms with Gasteiger partial charge < -0.3 is 15.3 Å². The van der Waals surface area contributed by atoms with Crippen LogP contribution in [-0.2, 0) is 4.79 Å². The highest BCUT2D eigenvalue weighted by Gasteiger charge is 2.14. The van der Waals surface area contributed by atoms with Gasteiger partial charge in [-0.15, -0.1) is 0 Å². The molecule has 1 rings (SSSR count). The van der Waals surface area contributed by atoms with Crippen LogP contribution in [0.4, 0.5) is 10.1 Å². The summed E-state index contributed by atoms with van der Waals surface area (Å²) in [4.78, 5) is 12.9. The summed E-state index contributed by atoms with van der Waals surface area (Å²) in [5.74, 6) is -0.550. The maximum absolute atomic E-state index is 13.1. The van der Waals surface area contributed by atoms with Gasteiger partial charge >= 0.3 is 0 Å². The smallest absolute Gasteiger partial charge is 0.239 e. The van der Waals surface area contributed by atoms with E-state index in [9.17, 15) is 14.3 Å². The van der Waals surface area contributed by atoms with E-state index in [4.69, 9.17) is 0 Å². The number of carbonyl (C=O) groups is 1. The van der Waals surface area contributed by atoms with E-state index >= 15 is 0 Å². The molecule has 0 aliphatic rings. The third-order valence-corrected chi connectivity index (χ3v) is 2.51. The van der Waals surface area contributed by atoms with Gasteiger partial charge in [0, 0.05) is 25.3 Å². The predicted molar refractivity (Wildman–Crippen MR) is 64.4 cm³/mol. The summed E-state index contributed by atoms with van der Waals surface area (Å²) in [5.41, 5.74) is 1.11. The van der Waals surface area contributed by atoms with E-state index in [1.807, 2.05) is 0 Å². The predicted octanol–water partition coefficient (Wildman–Crippen LogP) is 1.06. The van der Waals surface area contributed by atoms with Crippen LogP contribution in [0.5, 0.6) is 0 Å². The minimum Gasteiger partial charge on any atom is -0.389 e. The van der Waals surface area contributed by atoms with Crippen LogP contribution in [-0.4, -0.2) is 31.7 Å². The molecule has 1 aromatic carbocycles. The second kappa shape index (κ2) is 5.63. The van der Waals surface area contributed by atoms with E-state index in [0.717, 1.165) is 0 Å². The molecule has 1 aromatic rings. The highest BCUT2D eigenvalue weighted by atomic mass is 19.1. The number of aliphatic hydroxyl groups excluding tert-OH is 1. The van der Waals surface area contributed by atoms with Crippen molar-refractivity contribution in [3.63, 3.8) is 0 Å². The molecule has 0 aromatic heterocycles. The van der Waals surface area contributed by atoms with E-state index < -0.39 is 11.9 Å². The number of amides is 1. The number of hydrogen-bond donors (Lipinski definition) is 2. The van der Waals surface area contributed by atoms with Crippen LogP contribution < -0.4 is 10.2 Å². The Morgan fingerprint density at radius 2 is 2.24 bits per heavy atom. The molecule has 5 heteroatoms. The van der Waals surface area contributed by atoms with Gasteiger partial charge in [-0.05, 0) is 25.1 Å². The molecular weight excluding hydrogens is 223 g/mol. The molecule has 0 unspecified atom stereocenters. The lowest BCUT2D eigenvalue weighted by Gasteiger charge is -2.22. The SMILES string of the molecule is CNC(=O)CN(C)c1ccc(F)cc1[C@H](C)O. The van der Waals surface area contributed by atoms with Crippen molar-refractivity contribution in [2.75, 3.05) is 25.5 Å². The van der Waals surface area contributed by atoms with Crippen molar-refractivity contribution >= 4 is 11.6 Å². The maximum Gasteiger partial charge on any atom is 0.239 e. The number of nitrogens with one attached hydrogen (secondary N) is 1. The van der Waals surface area contributed by atoms with Crippen LogP contribution >= 0.6 is 0 Å². The summed E-state index contributed by atoms with van der Waals surface area (Å²) >= 11 is 0. The van der Waals surface area contributed by atoms with E-state index in [2.05, 4.69) is 5.32 Å². The normalized spacial score (nSPS) is 12.1. The summed E-state index contributed by atoms with van der Waals surface area (Å²) in [7, 11) is 3.27. The van der Waals surface area contributed by atoms with Gasteiger partial charge in [-0.25, -0.2) is 4.39 Å². The van der Waals surface area contributed by atoms with E-state index in [1.165, 1.54) is 12.1 Å². The van der Waals surface area contributed by atoms with Gasteiger partial charge in [0.2, 0.25) is 5.91 Å². The highest BCUT2D eigenvalue weighted by Crippen LogP contribution is 2.26. The lowest BCUT2D eigenvalue weighted by molar-refractivity contribution is -0.119. The zero-order valence-electron chi connectivity index (χ0n) is 10.2. The largest absolute Gasteiger partial charge is 0.389 e. The first-order valence-electron chi connectivity index (χ1n) is 5.35. The van der Waals surface area contributed by atoms with Crippen molar-refractivity contribution in [2.45, 2.75) is 13.0 Å². The summed E-state index contributed by atoms with van der Waals surface area (Å²) in [6, 6.07) is 4.14. The Bertz CT molecular complexity index is 407. The van der Waals surface area contributed by atoms with Crippen molar-refractivity contribution in [3.8, 4) is 0 Å². The van der Waals surface area contributed by atoms with Crippen LogP contribution in [0.25, 0.3) is 0 Å². The van der Waals surface area contributed by atoms with Crippen LogP contribution in [0.3, 0.4) is 0 Å². The standard InChI is InChI=1S/C12H17FN2O2/c1-8(16)10-6-9(13)4-5-11(10)15(3)7-12(17)14-2/h4-6,8,16H,7H2,1-3H3,(H,14,17)/t8-/m0/s1. The third-order valence-electron chi connectivity index (χ3n) is 2.51. The van der Waals surface area contributed by atoms with E-state index in [-0.39, 0.29) is 12.5 Å². The number of hydrogen-bond acceptors (Lipinski definition) is 3. The lowest BCUT2D eigenvalue weighted by Crippen LogP contribution is -2.33. The summed E-state index contributed by atoms with van der Waals surface area (Å²) in [6.45, 7) is 1.72. The van der Waals surface area contributed by atoms with Gasteiger partial charge in [-0.3, -0.25) is 4.79 Å². The number of benzene rings is 1. The van der Waals surface area contributed by atoms with E-state index in [1.54, 1.807) is 32.0 Å². The Morgan fingerprint density at radius 3 is 2.76 bits per heavy atom. The molecule has 4 nitrogen and oxygen atoms in total. The Kier molecular flexibility index (Phi) is 4.45. The molecular formula is C12H17FN2O2. The van der Waals surface area contributed by atoms with Crippen LogP contribution in [0, 0.1) is 5.82 Å². The third kappa shape index (κ3) is 3.42. The van der Waals surface area contributed by atoms with Crippen molar-refractivity contribution in [3.05, 3.63) is 29.6 Å². The molecule has 0 spiro atoms. The second-order valence-corrected chi connectivity index (χ2v) is 3.91. The van der Waals surface area contributed by atoms with E-state index in [0.29, 0.717) is 11.3 Å². The molecule has 0 bridgehead atoms. The summed E-state index contributed by atoms with van der Waals surface area (Å²) < 4.78 is 13.1. The van der Waals surface area contributed by atoms with Gasteiger partial charge in [-0.1, -0.05) is 0 Å². The molecule has 0 fully saturated rings. The van der Waals surface area contributed by atoms with Crippen LogP contribution in [0.2, 0.25) is 0 Å². The molecule has 17 heavy (non-hydrogen) atoms. The fourth-order valence-electron chi connectivity index (χ4n) is 1.59. The minimum absolute atomic E-state index is 0.145. The first-order valence-corrected chi connectivity index (χ1v) is 5.35. The average Bonchev–Trinajstić information content (AvgIpc) is 2.28. The lowest BCUT2D eigenvalue weighted by atomic mass is 10.1. The first kappa shape index (κ1) is 13.4. The zero-order chi connectivity index (χ0) is 13.0. The fourth-order valence-corrected chi connectivity index (χ4v) is 1.59. The van der Waals surface area contributed by atoms with Crippen molar-refractivity contribution < 1.29 is 14.3 Å². The van der Waals surface area contributed by atoms with Gasteiger partial charge in [0.25, 0.3) is 0 Å². The molecule has 0 radical (unpaired) electrons. The molecule has 0 aliphatic heterocycles. The molecule has 0 heterocycles. The minimum atomic E-state index is -0.784. The second-order valence-electron chi connectivity index (χ2n) is 3.91. The summed E-state index contributed by atoms with van der Waals surface area (Å²) in [5, 5.41) is 12.1. The number of aliphatic hydroxyl groups is 1. The quantitative estimate of drug-likeness (QED) is 0.827. The maximum atomic E-state index is 13.1. The van der Waals surface area contributed by atoms with Crippen molar-refractivity contribution in [1.29, 1.82) is 0 Å². The zero-order valence-corrected chi connectivity index (χ0v) is 10.2. The number of carbonyl (C=O) groups excluding carboxylic acids is 1. The Labute approximate surface area is 100 Å². The van der Waals surface area contributed by atoms with Crippen molar-refractivity contribution in [1.82, 2.24) is 5.32 Å². The van der Waals surface area contributed by atoms with Gasteiger partial charge in [0.05, 0.1) is 12.6 Å². The average molecular weight is 240 g/mol. The van der Waals surface area contributed by atoms with Crippen molar-refractivity contribution in [2.24, 2.45) is 0 Å². The molecule has 1 atom stereocenters. The number of likely N-dealkylation sites (N-methyl/N-ethyl adjacent to an activating group) is 2. The van der Waals surface area contributed by atoms with Crippen LogP contribution in [0.15, 0.2) is 18.2 Å². The first-order chi connectivity index (χ1) is 7.95. The fraction of sp³-hybridized carbons (Fsp3) is 0.417. The monoisotopic (exact) mass is 240 g/mol. The van der Waals surface area contributed by atoms with Gasteiger partial charge in [-0.2, -0.15) is 0 Å². The topological polar surface area (TPSA) is 52.6 Å². The highest BCUT2D eigenvalue weighted by molar-refractivity contribution is 5.81. The Balaban J connectivity index is 3.00. The van der Waals surface area contributed by atoms with Gasteiger partial charge in [0.15, 0.2) is 0 Å². The molecule has 94 valence electrons. The molecule has 0 saturated carbocycles. The Morgan fingerprint density at radius 1 is 1.59 bits per heavy atom. The van der Waals surface area contributed by atoms with Gasteiger partial charge in [0.1, 0.15) is 5.82 Å². The number of anilines is 1. The Hall–Kier alpha value is -1.62. The summed E-state index contributed by atoms with van der Waals surface area (Å²) in [6.07, 6.45) is -0.784.